The first-order chi connectivity index (χ1) is 9.58. The quantitative estimate of drug-likeness (QED) is 0.738. The van der Waals surface area contributed by atoms with Gasteiger partial charge in [-0.15, -0.1) is 0 Å². The average molecular weight is 268 g/mol. The third-order valence-electron chi connectivity index (χ3n) is 3.04. The van der Waals surface area contributed by atoms with Gasteiger partial charge in [0.05, 0.1) is 17.5 Å². The summed E-state index contributed by atoms with van der Waals surface area (Å²) in [5.41, 5.74) is 1.01. The summed E-state index contributed by atoms with van der Waals surface area (Å²) >= 11 is 0. The maximum absolute atomic E-state index is 11.2. The van der Waals surface area contributed by atoms with Gasteiger partial charge in [-0.2, -0.15) is 0 Å². The minimum Gasteiger partial charge on any atom is -0.478 e. The Bertz CT molecular complexity index is 829. The third kappa shape index (κ3) is 1.74. The van der Waals surface area contributed by atoms with Crippen LogP contribution in [-0.4, -0.2) is 32.1 Å². The van der Waals surface area contributed by atoms with E-state index in [0.29, 0.717) is 22.0 Å². The summed E-state index contributed by atoms with van der Waals surface area (Å²) in [6, 6.07) is 6.23. The molecular formula is C14H8N2O4. The maximum Gasteiger partial charge on any atom is 0.354 e. The molecule has 1 aromatic carbocycles. The molecule has 0 saturated carbocycles. The summed E-state index contributed by atoms with van der Waals surface area (Å²) in [4.78, 5) is 30.2. The average Bonchev–Trinajstić information content (AvgIpc) is 2.75. The first kappa shape index (κ1) is 12.0. The van der Waals surface area contributed by atoms with E-state index in [0.717, 1.165) is 0 Å². The third-order valence-corrected chi connectivity index (χ3v) is 3.04. The van der Waals surface area contributed by atoms with Crippen molar-refractivity contribution in [3.63, 3.8) is 0 Å². The van der Waals surface area contributed by atoms with Gasteiger partial charge in [-0.3, -0.25) is 4.98 Å². The van der Waals surface area contributed by atoms with E-state index in [2.05, 4.69) is 9.97 Å². The van der Waals surface area contributed by atoms with Crippen LogP contribution >= 0.6 is 0 Å². The fraction of sp³-hybridized carbons (Fsp3) is 0. The molecule has 98 valence electrons. The first-order valence-electron chi connectivity index (χ1n) is 5.72. The Morgan fingerprint density at radius 2 is 1.80 bits per heavy atom. The molecule has 0 saturated heterocycles. The van der Waals surface area contributed by atoms with Crippen LogP contribution in [0, 0.1) is 0 Å². The zero-order chi connectivity index (χ0) is 14.3. The Labute approximate surface area is 112 Å². The van der Waals surface area contributed by atoms with Crippen molar-refractivity contribution in [1.82, 2.24) is 9.97 Å². The molecule has 2 aliphatic rings. The number of hydrogen-bond acceptors (Lipinski definition) is 4. The molecule has 0 fully saturated rings. The lowest BCUT2D eigenvalue weighted by Gasteiger charge is -2.00. The van der Waals surface area contributed by atoms with Crippen molar-refractivity contribution in [2.45, 2.75) is 0 Å². The summed E-state index contributed by atoms with van der Waals surface area (Å²) < 4.78 is 0. The zero-order valence-corrected chi connectivity index (χ0v) is 10.1. The van der Waals surface area contributed by atoms with Gasteiger partial charge < -0.3 is 10.2 Å². The smallest absolute Gasteiger partial charge is 0.354 e. The Morgan fingerprint density at radius 3 is 2.50 bits per heavy atom. The van der Waals surface area contributed by atoms with Crippen LogP contribution < -0.4 is 0 Å². The predicted octanol–water partition coefficient (Wildman–Crippen LogP) is 2.13. The number of carbonyl (C=O) groups is 2. The lowest BCUT2D eigenvalue weighted by molar-refractivity contribution is 0.0683. The number of rotatable bonds is 2. The van der Waals surface area contributed by atoms with Crippen LogP contribution in [0.2, 0.25) is 0 Å². The monoisotopic (exact) mass is 268 g/mol. The Kier molecular flexibility index (Phi) is 2.57. The molecule has 2 aliphatic heterocycles. The SMILES string of the molecule is O=C(O)c1cc2c3cccc(C(=O)O)c3cncc-2n1. The summed E-state index contributed by atoms with van der Waals surface area (Å²) in [6.07, 6.45) is 2.87. The highest BCUT2D eigenvalue weighted by Gasteiger charge is 2.17. The minimum atomic E-state index is -1.13. The van der Waals surface area contributed by atoms with Gasteiger partial charge in [0.25, 0.3) is 0 Å². The number of carboxylic acids is 2. The van der Waals surface area contributed by atoms with E-state index in [4.69, 9.17) is 5.11 Å². The van der Waals surface area contributed by atoms with Crippen LogP contribution in [0.15, 0.2) is 36.7 Å². The van der Waals surface area contributed by atoms with Gasteiger partial charge in [-0.05, 0) is 17.5 Å². The molecule has 6 nitrogen and oxygen atoms in total. The van der Waals surface area contributed by atoms with E-state index < -0.39 is 11.9 Å². The predicted molar refractivity (Wildman–Crippen MR) is 70.1 cm³/mol. The number of fused-ring (bicyclic) bond motifs is 3. The summed E-state index contributed by atoms with van der Waals surface area (Å²) in [5.74, 6) is -2.19. The van der Waals surface area contributed by atoms with Gasteiger partial charge in [0, 0.05) is 17.1 Å². The molecule has 2 heterocycles. The van der Waals surface area contributed by atoms with Gasteiger partial charge in [0.15, 0.2) is 0 Å². The van der Waals surface area contributed by atoms with Gasteiger partial charge in [-0.1, -0.05) is 12.1 Å². The van der Waals surface area contributed by atoms with E-state index >= 15 is 0 Å². The highest BCUT2D eigenvalue weighted by Crippen LogP contribution is 2.30. The van der Waals surface area contributed by atoms with Crippen molar-refractivity contribution in [2.75, 3.05) is 0 Å². The van der Waals surface area contributed by atoms with Crippen molar-refractivity contribution in [3.05, 3.63) is 47.9 Å². The molecular weight excluding hydrogens is 260 g/mol. The van der Waals surface area contributed by atoms with E-state index in [1.165, 1.54) is 24.5 Å². The Hall–Kier alpha value is -3.02. The molecule has 0 radical (unpaired) electrons. The van der Waals surface area contributed by atoms with Crippen LogP contribution in [0.1, 0.15) is 20.8 Å². The molecule has 0 aromatic heterocycles. The summed E-state index contributed by atoms with van der Waals surface area (Å²) in [7, 11) is 0. The molecule has 2 N–H and O–H groups in total. The normalized spacial score (nSPS) is 10.8. The van der Waals surface area contributed by atoms with Crippen LogP contribution in [0.3, 0.4) is 0 Å². The molecule has 0 atom stereocenters. The standard InChI is InChI=1S/C14H8N2O4/c17-13(18)8-3-1-2-7-9-4-11(14(19)20)16-12(9)6-15-5-10(7)8/h1-6H,(H,17,18)(H,19,20). The van der Waals surface area contributed by atoms with Crippen molar-refractivity contribution >= 4 is 22.7 Å². The summed E-state index contributed by atoms with van der Waals surface area (Å²) in [5, 5.41) is 19.2. The largest absolute Gasteiger partial charge is 0.478 e. The molecule has 20 heavy (non-hydrogen) atoms. The number of benzene rings is 1. The molecule has 0 spiro atoms. The van der Waals surface area contributed by atoms with Crippen molar-refractivity contribution in [2.24, 2.45) is 0 Å². The van der Waals surface area contributed by atoms with Crippen LogP contribution in [0.25, 0.3) is 22.0 Å². The highest BCUT2D eigenvalue weighted by atomic mass is 16.4. The second-order valence-electron chi connectivity index (χ2n) is 4.22. The number of nitrogens with zero attached hydrogens (tertiary/aromatic N) is 2. The van der Waals surface area contributed by atoms with E-state index in [1.807, 2.05) is 0 Å². The topological polar surface area (TPSA) is 100 Å². The maximum atomic E-state index is 11.2. The highest BCUT2D eigenvalue weighted by molar-refractivity contribution is 6.08. The molecule has 1 aromatic rings. The number of aromatic nitrogens is 2. The van der Waals surface area contributed by atoms with E-state index in [1.54, 1.807) is 12.1 Å². The molecule has 0 amide bonds. The molecule has 6 heteroatoms. The molecule has 0 unspecified atom stereocenters. The van der Waals surface area contributed by atoms with Gasteiger partial charge in [-0.25, -0.2) is 14.6 Å². The van der Waals surface area contributed by atoms with E-state index in [9.17, 15) is 14.7 Å². The fourth-order valence-corrected chi connectivity index (χ4v) is 2.16. The minimum absolute atomic E-state index is 0.0879. The second-order valence-corrected chi connectivity index (χ2v) is 4.22. The van der Waals surface area contributed by atoms with Crippen LogP contribution in [0.5, 0.6) is 0 Å². The lowest BCUT2D eigenvalue weighted by atomic mass is 10.0. The lowest BCUT2D eigenvalue weighted by Crippen LogP contribution is -1.96. The molecule has 0 aliphatic carbocycles. The molecule has 3 rings (SSSR count). The number of aromatic carboxylic acids is 2. The van der Waals surface area contributed by atoms with Gasteiger partial charge in [0.2, 0.25) is 0 Å². The Balaban J connectivity index is 2.44. The second kappa shape index (κ2) is 4.27. The van der Waals surface area contributed by atoms with Gasteiger partial charge in [0.1, 0.15) is 5.69 Å². The van der Waals surface area contributed by atoms with Gasteiger partial charge >= 0.3 is 11.9 Å². The zero-order valence-electron chi connectivity index (χ0n) is 10.1. The van der Waals surface area contributed by atoms with Crippen molar-refractivity contribution in [1.29, 1.82) is 0 Å². The van der Waals surface area contributed by atoms with Crippen LogP contribution in [-0.2, 0) is 0 Å². The number of carboxylic acid groups (broad SMARTS) is 2. The molecule has 0 bridgehead atoms. The fourth-order valence-electron chi connectivity index (χ4n) is 2.16. The van der Waals surface area contributed by atoms with E-state index in [-0.39, 0.29) is 11.3 Å². The summed E-state index contributed by atoms with van der Waals surface area (Å²) in [6.45, 7) is 0. The first-order valence-corrected chi connectivity index (χ1v) is 5.72. The number of hydrogen-bond donors (Lipinski definition) is 2. The van der Waals surface area contributed by atoms with Crippen molar-refractivity contribution < 1.29 is 19.8 Å². The van der Waals surface area contributed by atoms with Crippen LogP contribution in [0.4, 0.5) is 0 Å². The Morgan fingerprint density at radius 1 is 1.00 bits per heavy atom. The van der Waals surface area contributed by atoms with Crippen molar-refractivity contribution in [3.8, 4) is 11.3 Å².